The molecular formula is C19H19ClN6O4. The standard InChI is InChI=1S/C19H19ClN6O4/c1-10(16-24-17(30-25-16)12-3-5-13(20)6-4-12)22-18-21-8-7-15(23-18)26-14(11(2)27)9-29-19(26)28/h3-8,10-11,14,27H,9H2,1-2H3,(H,21,22,23)/t10-,11+,14?/m0/s1. The fourth-order valence-electron chi connectivity index (χ4n) is 2.99. The number of aliphatic hydroxyl groups excluding tert-OH is 1. The summed E-state index contributed by atoms with van der Waals surface area (Å²) in [6.45, 7) is 3.52. The number of aromatic nitrogens is 4. The number of amides is 1. The zero-order valence-electron chi connectivity index (χ0n) is 16.2. The third kappa shape index (κ3) is 4.05. The molecule has 3 aromatic rings. The van der Waals surface area contributed by atoms with Crippen LogP contribution in [0.3, 0.4) is 0 Å². The summed E-state index contributed by atoms with van der Waals surface area (Å²) in [5.41, 5.74) is 0.750. The van der Waals surface area contributed by atoms with Crippen molar-refractivity contribution < 1.29 is 19.2 Å². The average molecular weight is 431 g/mol. The molecule has 0 aliphatic carbocycles. The summed E-state index contributed by atoms with van der Waals surface area (Å²) in [5.74, 6) is 1.37. The molecule has 1 aliphatic rings. The van der Waals surface area contributed by atoms with Gasteiger partial charge in [-0.15, -0.1) is 0 Å². The summed E-state index contributed by atoms with van der Waals surface area (Å²) in [6.07, 6.45) is 0.175. The largest absolute Gasteiger partial charge is 0.447 e. The lowest BCUT2D eigenvalue weighted by Gasteiger charge is -2.22. The number of carbonyl (C=O) groups excluding carboxylic acids is 1. The first-order chi connectivity index (χ1) is 14.4. The van der Waals surface area contributed by atoms with Crippen molar-refractivity contribution >= 4 is 29.5 Å². The van der Waals surface area contributed by atoms with Gasteiger partial charge in [0.15, 0.2) is 5.82 Å². The molecule has 156 valence electrons. The molecule has 3 heterocycles. The summed E-state index contributed by atoms with van der Waals surface area (Å²) < 4.78 is 10.4. The van der Waals surface area contributed by atoms with Gasteiger partial charge < -0.3 is 19.7 Å². The highest BCUT2D eigenvalue weighted by atomic mass is 35.5. The minimum absolute atomic E-state index is 0.0933. The van der Waals surface area contributed by atoms with E-state index in [0.29, 0.717) is 22.6 Å². The fraction of sp³-hybridized carbons (Fsp3) is 0.316. The second kappa shape index (κ2) is 8.25. The van der Waals surface area contributed by atoms with Gasteiger partial charge in [0.05, 0.1) is 12.1 Å². The second-order valence-corrected chi connectivity index (χ2v) is 7.26. The van der Waals surface area contributed by atoms with Gasteiger partial charge in [0.25, 0.3) is 5.89 Å². The van der Waals surface area contributed by atoms with Crippen LogP contribution < -0.4 is 10.2 Å². The van der Waals surface area contributed by atoms with E-state index >= 15 is 0 Å². The van der Waals surface area contributed by atoms with Gasteiger partial charge in [-0.3, -0.25) is 4.90 Å². The highest BCUT2D eigenvalue weighted by molar-refractivity contribution is 6.30. The van der Waals surface area contributed by atoms with Crippen molar-refractivity contribution in [2.45, 2.75) is 32.0 Å². The molecule has 4 rings (SSSR count). The van der Waals surface area contributed by atoms with E-state index in [1.807, 2.05) is 6.92 Å². The lowest BCUT2D eigenvalue weighted by molar-refractivity contribution is 0.142. The first-order valence-corrected chi connectivity index (χ1v) is 9.63. The van der Waals surface area contributed by atoms with Gasteiger partial charge in [-0.05, 0) is 44.2 Å². The molecule has 1 unspecified atom stereocenters. The lowest BCUT2D eigenvalue weighted by atomic mass is 10.2. The van der Waals surface area contributed by atoms with Gasteiger partial charge in [0.1, 0.15) is 18.5 Å². The Kier molecular flexibility index (Phi) is 5.51. The summed E-state index contributed by atoms with van der Waals surface area (Å²) in [7, 11) is 0. The molecule has 1 amide bonds. The smallest absolute Gasteiger partial charge is 0.416 e. The molecule has 3 atom stereocenters. The number of ether oxygens (including phenoxy) is 1. The van der Waals surface area contributed by atoms with Crippen LogP contribution in [0.4, 0.5) is 16.6 Å². The molecule has 1 aliphatic heterocycles. The molecule has 2 aromatic heterocycles. The van der Waals surface area contributed by atoms with E-state index < -0.39 is 18.2 Å². The van der Waals surface area contributed by atoms with Gasteiger partial charge in [-0.1, -0.05) is 16.8 Å². The number of rotatable bonds is 6. The Morgan fingerprint density at radius 2 is 2.00 bits per heavy atom. The number of cyclic esters (lactones) is 1. The quantitative estimate of drug-likeness (QED) is 0.606. The minimum atomic E-state index is -0.771. The predicted molar refractivity (Wildman–Crippen MR) is 108 cm³/mol. The van der Waals surface area contributed by atoms with Gasteiger partial charge in [0.2, 0.25) is 5.95 Å². The van der Waals surface area contributed by atoms with Crippen LogP contribution in [0.1, 0.15) is 25.7 Å². The SMILES string of the molecule is C[C@H](Nc1nccc(N2C(=O)OCC2[C@@H](C)O)n1)c1noc(-c2ccc(Cl)cc2)n1. The van der Waals surface area contributed by atoms with Gasteiger partial charge in [-0.2, -0.15) is 9.97 Å². The van der Waals surface area contributed by atoms with E-state index in [-0.39, 0.29) is 18.6 Å². The van der Waals surface area contributed by atoms with E-state index in [4.69, 9.17) is 20.9 Å². The summed E-state index contributed by atoms with van der Waals surface area (Å²) in [6, 6.07) is 7.75. The number of carbonyl (C=O) groups is 1. The molecule has 1 aromatic carbocycles. The zero-order chi connectivity index (χ0) is 21.3. The third-order valence-corrected chi connectivity index (χ3v) is 4.87. The average Bonchev–Trinajstić information content (AvgIpc) is 3.36. The van der Waals surface area contributed by atoms with Crippen LogP contribution in [0.5, 0.6) is 0 Å². The molecule has 1 fully saturated rings. The first-order valence-electron chi connectivity index (χ1n) is 9.25. The van der Waals surface area contributed by atoms with Crippen molar-refractivity contribution in [3.8, 4) is 11.5 Å². The van der Waals surface area contributed by atoms with Gasteiger partial charge >= 0.3 is 6.09 Å². The Bertz CT molecular complexity index is 1040. The fourth-order valence-corrected chi connectivity index (χ4v) is 3.11. The highest BCUT2D eigenvalue weighted by Crippen LogP contribution is 2.25. The maximum atomic E-state index is 12.1. The van der Waals surface area contributed by atoms with E-state index in [2.05, 4.69) is 25.4 Å². The molecule has 0 saturated carbocycles. The van der Waals surface area contributed by atoms with Gasteiger partial charge in [-0.25, -0.2) is 9.78 Å². The Labute approximate surface area is 176 Å². The zero-order valence-corrected chi connectivity index (χ0v) is 16.9. The van der Waals surface area contributed by atoms with Crippen LogP contribution in [-0.2, 0) is 4.74 Å². The van der Waals surface area contributed by atoms with E-state index in [1.54, 1.807) is 37.3 Å². The maximum absolute atomic E-state index is 12.1. The number of benzene rings is 1. The number of hydrogen-bond donors (Lipinski definition) is 2. The molecule has 30 heavy (non-hydrogen) atoms. The van der Waals surface area contributed by atoms with Crippen LogP contribution >= 0.6 is 11.6 Å². The summed E-state index contributed by atoms with van der Waals surface area (Å²) >= 11 is 5.90. The Balaban J connectivity index is 1.50. The number of hydrogen-bond acceptors (Lipinski definition) is 9. The van der Waals surface area contributed by atoms with Crippen molar-refractivity contribution in [1.82, 2.24) is 20.1 Å². The molecule has 0 bridgehead atoms. The van der Waals surface area contributed by atoms with E-state index in [9.17, 15) is 9.90 Å². The topological polar surface area (TPSA) is 127 Å². The highest BCUT2D eigenvalue weighted by Gasteiger charge is 2.38. The number of halogens is 1. The van der Waals surface area contributed by atoms with Crippen LogP contribution in [0.15, 0.2) is 41.1 Å². The number of nitrogens with zero attached hydrogens (tertiary/aromatic N) is 5. The molecule has 1 saturated heterocycles. The molecule has 11 heteroatoms. The molecule has 2 N–H and O–H groups in total. The number of nitrogens with one attached hydrogen (secondary N) is 1. The van der Waals surface area contributed by atoms with E-state index in [0.717, 1.165) is 5.56 Å². The van der Waals surface area contributed by atoms with Crippen LogP contribution in [0, 0.1) is 0 Å². The summed E-state index contributed by atoms with van der Waals surface area (Å²) in [4.78, 5) is 26.3. The van der Waals surface area contributed by atoms with Crippen molar-refractivity contribution in [2.75, 3.05) is 16.8 Å². The lowest BCUT2D eigenvalue weighted by Crippen LogP contribution is -2.41. The van der Waals surface area contributed by atoms with Crippen molar-refractivity contribution in [3.05, 3.63) is 47.4 Å². The predicted octanol–water partition coefficient (Wildman–Crippen LogP) is 3.06. The number of anilines is 2. The third-order valence-electron chi connectivity index (χ3n) is 4.62. The number of aliphatic hydroxyl groups is 1. The van der Waals surface area contributed by atoms with E-state index in [1.165, 1.54) is 11.1 Å². The molecular weight excluding hydrogens is 412 g/mol. The first kappa shape index (κ1) is 20.0. The van der Waals surface area contributed by atoms with Crippen LogP contribution in [0.2, 0.25) is 5.02 Å². The van der Waals surface area contributed by atoms with Crippen molar-refractivity contribution in [2.24, 2.45) is 0 Å². The normalized spacial score (nSPS) is 18.2. The molecule has 0 spiro atoms. The molecule has 0 radical (unpaired) electrons. The minimum Gasteiger partial charge on any atom is -0.447 e. The van der Waals surface area contributed by atoms with Crippen molar-refractivity contribution in [1.29, 1.82) is 0 Å². The van der Waals surface area contributed by atoms with Crippen LogP contribution in [0.25, 0.3) is 11.5 Å². The maximum Gasteiger partial charge on any atom is 0.416 e. The molecule has 10 nitrogen and oxygen atoms in total. The Morgan fingerprint density at radius 3 is 2.73 bits per heavy atom. The monoisotopic (exact) mass is 430 g/mol. The second-order valence-electron chi connectivity index (χ2n) is 6.82. The van der Waals surface area contributed by atoms with Crippen LogP contribution in [-0.4, -0.2) is 50.1 Å². The van der Waals surface area contributed by atoms with Crippen molar-refractivity contribution in [3.63, 3.8) is 0 Å². The Morgan fingerprint density at radius 1 is 1.23 bits per heavy atom. The van der Waals surface area contributed by atoms with Gasteiger partial charge in [0, 0.05) is 16.8 Å². The Hall–Kier alpha value is -3.24. The summed E-state index contributed by atoms with van der Waals surface area (Å²) in [5, 5.41) is 17.6.